The number of aromatic nitrogens is 5. The van der Waals surface area contributed by atoms with Crippen LogP contribution in [-0.4, -0.2) is 50.3 Å². The molecule has 0 spiro atoms. The number of nitrogens with zero attached hydrogens (tertiary/aromatic N) is 6. The van der Waals surface area contributed by atoms with Crippen molar-refractivity contribution in [2.24, 2.45) is 5.92 Å². The molecule has 124 valence electrons. The summed E-state index contributed by atoms with van der Waals surface area (Å²) in [5.74, 6) is 1.31. The Morgan fingerprint density at radius 1 is 1.38 bits per heavy atom. The topological polar surface area (TPSA) is 88.3 Å². The van der Waals surface area contributed by atoms with E-state index in [1.807, 2.05) is 26.0 Å². The molecule has 0 bridgehead atoms. The first-order valence-corrected chi connectivity index (χ1v) is 8.56. The van der Waals surface area contributed by atoms with Gasteiger partial charge in [-0.15, -0.1) is 26.6 Å². The van der Waals surface area contributed by atoms with Crippen LogP contribution in [0.2, 0.25) is 0 Å². The van der Waals surface area contributed by atoms with Crippen molar-refractivity contribution in [3.05, 3.63) is 34.0 Å². The average molecular weight is 343 g/mol. The number of hydrogen-bond acceptors (Lipinski definition) is 7. The molecule has 1 aliphatic heterocycles. The van der Waals surface area contributed by atoms with Gasteiger partial charge in [-0.2, -0.15) is 4.52 Å². The van der Waals surface area contributed by atoms with Crippen LogP contribution in [0.25, 0.3) is 5.65 Å². The molecule has 0 atom stereocenters. The molecule has 0 aromatic carbocycles. The third kappa shape index (κ3) is 2.71. The summed E-state index contributed by atoms with van der Waals surface area (Å²) in [6, 6.07) is 3.85. The fourth-order valence-corrected chi connectivity index (χ4v) is 3.67. The summed E-state index contributed by atoms with van der Waals surface area (Å²) in [5.41, 5.74) is 1.54. The van der Waals surface area contributed by atoms with E-state index in [1.165, 1.54) is 11.3 Å². The highest BCUT2D eigenvalue weighted by atomic mass is 32.1. The van der Waals surface area contributed by atoms with Crippen LogP contribution in [-0.2, 0) is 0 Å². The summed E-state index contributed by atoms with van der Waals surface area (Å²) in [7, 11) is 0. The first-order valence-electron chi connectivity index (χ1n) is 7.74. The summed E-state index contributed by atoms with van der Waals surface area (Å²) in [4.78, 5) is 19.4. The van der Waals surface area contributed by atoms with Crippen LogP contribution in [0.1, 0.15) is 20.4 Å². The zero-order valence-corrected chi connectivity index (χ0v) is 14.2. The number of aryl methyl sites for hydroxylation is 2. The van der Waals surface area contributed by atoms with Gasteiger partial charge in [-0.1, -0.05) is 0 Å². The molecular weight excluding hydrogens is 326 g/mol. The molecule has 4 rings (SSSR count). The van der Waals surface area contributed by atoms with Crippen molar-refractivity contribution in [3.8, 4) is 0 Å². The number of rotatable bonds is 4. The monoisotopic (exact) mass is 343 g/mol. The van der Waals surface area contributed by atoms with Gasteiger partial charge in [0.1, 0.15) is 17.0 Å². The van der Waals surface area contributed by atoms with Gasteiger partial charge in [0, 0.05) is 25.6 Å². The molecular formula is C15H17N7OS. The van der Waals surface area contributed by atoms with Crippen LogP contribution in [0.4, 0.5) is 5.82 Å². The van der Waals surface area contributed by atoms with Crippen molar-refractivity contribution < 1.29 is 4.79 Å². The van der Waals surface area contributed by atoms with Gasteiger partial charge in [0.05, 0.1) is 10.7 Å². The van der Waals surface area contributed by atoms with Crippen molar-refractivity contribution in [1.29, 1.82) is 0 Å². The molecule has 24 heavy (non-hydrogen) atoms. The number of anilines is 1. The minimum atomic E-state index is -0.0272. The first-order chi connectivity index (χ1) is 11.6. The molecule has 8 nitrogen and oxygen atoms in total. The average Bonchev–Trinajstić information content (AvgIpc) is 3.10. The van der Waals surface area contributed by atoms with Crippen molar-refractivity contribution in [1.82, 2.24) is 30.1 Å². The minimum Gasteiger partial charge on any atom is -0.354 e. The zero-order chi connectivity index (χ0) is 16.7. The van der Waals surface area contributed by atoms with Crippen molar-refractivity contribution in [3.63, 3.8) is 0 Å². The number of nitrogens with one attached hydrogen (secondary N) is 1. The second-order valence-electron chi connectivity index (χ2n) is 5.95. The number of carbonyl (C=O) groups is 1. The molecule has 0 unspecified atom stereocenters. The Kier molecular flexibility index (Phi) is 3.64. The van der Waals surface area contributed by atoms with E-state index in [0.717, 1.165) is 35.3 Å². The summed E-state index contributed by atoms with van der Waals surface area (Å²) >= 11 is 1.44. The molecule has 3 aromatic rings. The van der Waals surface area contributed by atoms with Crippen molar-refractivity contribution >= 4 is 28.7 Å². The lowest BCUT2D eigenvalue weighted by Gasteiger charge is -2.40. The van der Waals surface area contributed by atoms with Gasteiger partial charge in [0.25, 0.3) is 5.91 Å². The standard InChI is InChI=1S/C15H17N7OS/c1-9-14(24-10(2)18-9)15(23)16-5-11-6-21(7-11)13-4-3-12-19-17-8-22(12)20-13/h3-4,8,11H,5-7H2,1-2H3,(H,16,23). The highest BCUT2D eigenvalue weighted by Gasteiger charge is 2.28. The summed E-state index contributed by atoms with van der Waals surface area (Å²) in [5, 5.41) is 16.2. The molecule has 1 amide bonds. The van der Waals surface area contributed by atoms with Crippen molar-refractivity contribution in [2.45, 2.75) is 13.8 Å². The van der Waals surface area contributed by atoms with Gasteiger partial charge in [-0.25, -0.2) is 4.98 Å². The Hall–Kier alpha value is -2.55. The molecule has 1 N–H and O–H groups in total. The number of fused-ring (bicyclic) bond motifs is 1. The summed E-state index contributed by atoms with van der Waals surface area (Å²) < 4.78 is 1.67. The molecule has 0 radical (unpaired) electrons. The van der Waals surface area contributed by atoms with E-state index < -0.39 is 0 Å². The maximum atomic E-state index is 12.2. The SMILES string of the molecule is Cc1nc(C)c(C(=O)NCC2CN(c3ccc4nncn4n3)C2)s1. The molecule has 4 heterocycles. The predicted molar refractivity (Wildman–Crippen MR) is 90.4 cm³/mol. The fraction of sp³-hybridized carbons (Fsp3) is 0.400. The van der Waals surface area contributed by atoms with Crippen molar-refractivity contribution in [2.75, 3.05) is 24.5 Å². The van der Waals surface area contributed by atoms with E-state index in [0.29, 0.717) is 17.3 Å². The van der Waals surface area contributed by atoms with Gasteiger partial charge in [0.2, 0.25) is 0 Å². The highest BCUT2D eigenvalue weighted by Crippen LogP contribution is 2.22. The molecule has 1 fully saturated rings. The largest absolute Gasteiger partial charge is 0.354 e. The third-order valence-electron chi connectivity index (χ3n) is 4.09. The van der Waals surface area contributed by atoms with Crippen LogP contribution in [0.15, 0.2) is 18.5 Å². The smallest absolute Gasteiger partial charge is 0.263 e. The Morgan fingerprint density at radius 3 is 2.96 bits per heavy atom. The van der Waals surface area contributed by atoms with Crippen LogP contribution < -0.4 is 10.2 Å². The maximum absolute atomic E-state index is 12.2. The molecule has 9 heteroatoms. The van der Waals surface area contributed by atoms with Gasteiger partial charge in [-0.05, 0) is 26.0 Å². The predicted octanol–water partition coefficient (Wildman–Crippen LogP) is 1.06. The number of thiazole rings is 1. The van der Waals surface area contributed by atoms with Crippen LogP contribution >= 0.6 is 11.3 Å². The lowest BCUT2D eigenvalue weighted by molar-refractivity contribution is 0.0948. The lowest BCUT2D eigenvalue weighted by Crippen LogP contribution is -2.52. The Labute approximate surface area is 142 Å². The second kappa shape index (κ2) is 5.82. The molecule has 3 aromatic heterocycles. The summed E-state index contributed by atoms with van der Waals surface area (Å²) in [6.07, 6.45) is 1.59. The van der Waals surface area contributed by atoms with Gasteiger partial charge in [-0.3, -0.25) is 4.79 Å². The van der Waals surface area contributed by atoms with Gasteiger partial charge < -0.3 is 10.2 Å². The van der Waals surface area contributed by atoms with E-state index in [1.54, 1.807) is 10.8 Å². The quantitative estimate of drug-likeness (QED) is 0.762. The Morgan fingerprint density at radius 2 is 2.21 bits per heavy atom. The van der Waals surface area contributed by atoms with E-state index in [-0.39, 0.29) is 5.91 Å². The van der Waals surface area contributed by atoms with E-state index in [9.17, 15) is 4.79 Å². The fourth-order valence-electron chi connectivity index (χ4n) is 2.83. The zero-order valence-electron chi connectivity index (χ0n) is 13.4. The molecule has 0 saturated carbocycles. The van der Waals surface area contributed by atoms with Crippen LogP contribution in [0.5, 0.6) is 0 Å². The van der Waals surface area contributed by atoms with E-state index >= 15 is 0 Å². The van der Waals surface area contributed by atoms with Gasteiger partial charge in [0.15, 0.2) is 5.65 Å². The highest BCUT2D eigenvalue weighted by molar-refractivity contribution is 7.13. The van der Waals surface area contributed by atoms with Crippen LogP contribution in [0, 0.1) is 19.8 Å². The Bertz CT molecular complexity index is 896. The van der Waals surface area contributed by atoms with E-state index in [4.69, 9.17) is 0 Å². The van der Waals surface area contributed by atoms with Crippen LogP contribution in [0.3, 0.4) is 0 Å². The van der Waals surface area contributed by atoms with Gasteiger partial charge >= 0.3 is 0 Å². The first kappa shape index (κ1) is 15.0. The normalized spacial score (nSPS) is 14.8. The number of carbonyl (C=O) groups excluding carboxylic acids is 1. The molecule has 0 aliphatic carbocycles. The molecule has 1 aliphatic rings. The Balaban J connectivity index is 1.31. The molecule has 1 saturated heterocycles. The number of amides is 1. The maximum Gasteiger partial charge on any atom is 0.263 e. The lowest BCUT2D eigenvalue weighted by atomic mass is 10.0. The minimum absolute atomic E-state index is 0.0272. The van der Waals surface area contributed by atoms with E-state index in [2.05, 4.69) is 30.5 Å². The second-order valence-corrected chi connectivity index (χ2v) is 7.16. The summed E-state index contributed by atoms with van der Waals surface area (Å²) in [6.45, 7) is 6.21. The number of hydrogen-bond donors (Lipinski definition) is 1. The third-order valence-corrected chi connectivity index (χ3v) is 5.16.